The van der Waals surface area contributed by atoms with E-state index < -0.39 is 15.4 Å². The molecule has 1 fully saturated rings. The molecule has 1 aliphatic heterocycles. The van der Waals surface area contributed by atoms with E-state index in [1.54, 1.807) is 6.92 Å². The van der Waals surface area contributed by atoms with Crippen molar-refractivity contribution in [1.82, 2.24) is 10.2 Å². The molecule has 122 valence electrons. The molecule has 0 bridgehead atoms. The standard InChI is InChI=1S/C15H21BrN2O3S/c1-15(7-8-22(20,21)11-15)17-14(19)10-18(2)9-12-5-3-4-6-13(12)16/h3-6H,7-11H2,1-2H3,(H,17,19). The van der Waals surface area contributed by atoms with Crippen molar-refractivity contribution in [1.29, 1.82) is 0 Å². The van der Waals surface area contributed by atoms with Crippen LogP contribution in [-0.4, -0.2) is 49.9 Å². The van der Waals surface area contributed by atoms with Crippen LogP contribution in [0.3, 0.4) is 0 Å². The summed E-state index contributed by atoms with van der Waals surface area (Å²) in [6.45, 7) is 2.67. The van der Waals surface area contributed by atoms with Gasteiger partial charge in [-0.3, -0.25) is 9.69 Å². The van der Waals surface area contributed by atoms with Crippen LogP contribution in [0, 0.1) is 0 Å². The molecule has 2 rings (SSSR count). The van der Waals surface area contributed by atoms with Crippen molar-refractivity contribution in [2.75, 3.05) is 25.1 Å². The molecule has 0 aromatic heterocycles. The molecule has 1 amide bonds. The number of likely N-dealkylation sites (N-methyl/N-ethyl adjacent to an activating group) is 1. The number of nitrogens with zero attached hydrogens (tertiary/aromatic N) is 1. The second-order valence-electron chi connectivity index (χ2n) is 6.21. The average molecular weight is 389 g/mol. The quantitative estimate of drug-likeness (QED) is 0.831. The molecule has 1 unspecified atom stereocenters. The first kappa shape index (κ1) is 17.4. The Bertz CT molecular complexity index is 663. The predicted octanol–water partition coefficient (Wildman–Crippen LogP) is 1.57. The van der Waals surface area contributed by atoms with Gasteiger partial charge in [0.2, 0.25) is 5.91 Å². The van der Waals surface area contributed by atoms with Crippen LogP contribution >= 0.6 is 15.9 Å². The summed E-state index contributed by atoms with van der Waals surface area (Å²) in [6, 6.07) is 7.87. The summed E-state index contributed by atoms with van der Waals surface area (Å²) in [5, 5.41) is 2.87. The largest absolute Gasteiger partial charge is 0.349 e. The molecule has 1 heterocycles. The Morgan fingerprint density at radius 1 is 1.41 bits per heavy atom. The first-order valence-electron chi connectivity index (χ1n) is 7.13. The lowest BCUT2D eigenvalue weighted by atomic mass is 10.0. The Balaban J connectivity index is 1.88. The molecular weight excluding hydrogens is 368 g/mol. The summed E-state index contributed by atoms with van der Waals surface area (Å²) in [4.78, 5) is 14.0. The number of hydrogen-bond acceptors (Lipinski definition) is 4. The van der Waals surface area contributed by atoms with E-state index >= 15 is 0 Å². The highest BCUT2D eigenvalue weighted by molar-refractivity contribution is 9.10. The van der Waals surface area contributed by atoms with Gasteiger partial charge in [-0.15, -0.1) is 0 Å². The average Bonchev–Trinajstić information content (AvgIpc) is 2.65. The minimum Gasteiger partial charge on any atom is -0.349 e. The third-order valence-electron chi connectivity index (χ3n) is 3.76. The van der Waals surface area contributed by atoms with Gasteiger partial charge in [0.15, 0.2) is 9.84 Å². The van der Waals surface area contributed by atoms with Crippen LogP contribution in [0.25, 0.3) is 0 Å². The van der Waals surface area contributed by atoms with Crippen molar-refractivity contribution in [3.05, 3.63) is 34.3 Å². The summed E-state index contributed by atoms with van der Waals surface area (Å²) in [7, 11) is -1.15. The van der Waals surface area contributed by atoms with Crippen molar-refractivity contribution < 1.29 is 13.2 Å². The lowest BCUT2D eigenvalue weighted by Crippen LogP contribution is -2.49. The fourth-order valence-electron chi connectivity index (χ4n) is 2.70. The molecule has 1 atom stereocenters. The van der Waals surface area contributed by atoms with Crippen molar-refractivity contribution in [3.63, 3.8) is 0 Å². The van der Waals surface area contributed by atoms with Crippen LogP contribution in [0.5, 0.6) is 0 Å². The molecule has 1 N–H and O–H groups in total. The number of rotatable bonds is 5. The van der Waals surface area contributed by atoms with Gasteiger partial charge in [-0.25, -0.2) is 8.42 Å². The fraction of sp³-hybridized carbons (Fsp3) is 0.533. The van der Waals surface area contributed by atoms with Gasteiger partial charge in [0.05, 0.1) is 23.6 Å². The minimum atomic E-state index is -3.02. The van der Waals surface area contributed by atoms with Crippen LogP contribution in [0.4, 0.5) is 0 Å². The molecule has 0 spiro atoms. The maximum Gasteiger partial charge on any atom is 0.234 e. The van der Waals surface area contributed by atoms with Gasteiger partial charge in [-0.2, -0.15) is 0 Å². The molecular formula is C15H21BrN2O3S. The van der Waals surface area contributed by atoms with E-state index in [9.17, 15) is 13.2 Å². The van der Waals surface area contributed by atoms with Crippen LogP contribution in [0.15, 0.2) is 28.7 Å². The highest BCUT2D eigenvalue weighted by Gasteiger charge is 2.39. The summed E-state index contributed by atoms with van der Waals surface area (Å²) >= 11 is 3.49. The fourth-order valence-corrected chi connectivity index (χ4v) is 5.21. The third-order valence-corrected chi connectivity index (χ3v) is 6.43. The highest BCUT2D eigenvalue weighted by atomic mass is 79.9. The predicted molar refractivity (Wildman–Crippen MR) is 90.3 cm³/mol. The van der Waals surface area contributed by atoms with Crippen molar-refractivity contribution in [2.45, 2.75) is 25.4 Å². The van der Waals surface area contributed by atoms with Crippen molar-refractivity contribution >= 4 is 31.7 Å². The van der Waals surface area contributed by atoms with E-state index in [1.807, 2.05) is 36.2 Å². The Morgan fingerprint density at radius 2 is 2.09 bits per heavy atom. The zero-order valence-corrected chi connectivity index (χ0v) is 15.2. The molecule has 1 saturated heterocycles. The van der Waals surface area contributed by atoms with Gasteiger partial charge in [0, 0.05) is 11.0 Å². The van der Waals surface area contributed by atoms with Crippen LogP contribution in [0.1, 0.15) is 18.9 Å². The van der Waals surface area contributed by atoms with E-state index in [0.717, 1.165) is 10.0 Å². The smallest absolute Gasteiger partial charge is 0.234 e. The molecule has 1 aliphatic rings. The monoisotopic (exact) mass is 388 g/mol. The van der Waals surface area contributed by atoms with Gasteiger partial charge in [-0.05, 0) is 32.0 Å². The van der Waals surface area contributed by atoms with Crippen LogP contribution in [-0.2, 0) is 21.2 Å². The number of carbonyl (C=O) groups excluding carboxylic acids is 1. The van der Waals surface area contributed by atoms with E-state index in [2.05, 4.69) is 21.2 Å². The number of halogens is 1. The summed E-state index contributed by atoms with van der Waals surface area (Å²) in [5.74, 6) is 0.0326. The van der Waals surface area contributed by atoms with Gasteiger partial charge >= 0.3 is 0 Å². The maximum absolute atomic E-state index is 12.1. The van der Waals surface area contributed by atoms with Crippen LogP contribution < -0.4 is 5.32 Å². The molecule has 7 heteroatoms. The molecule has 1 aromatic rings. The normalized spacial score (nSPS) is 23.6. The lowest BCUT2D eigenvalue weighted by molar-refractivity contribution is -0.123. The number of sulfone groups is 1. The first-order valence-corrected chi connectivity index (χ1v) is 9.74. The number of amides is 1. The minimum absolute atomic E-state index is 0.0275. The summed E-state index contributed by atoms with van der Waals surface area (Å²) < 4.78 is 24.1. The maximum atomic E-state index is 12.1. The van der Waals surface area contributed by atoms with Gasteiger partial charge < -0.3 is 5.32 Å². The van der Waals surface area contributed by atoms with Crippen molar-refractivity contribution in [3.8, 4) is 0 Å². The molecule has 22 heavy (non-hydrogen) atoms. The van der Waals surface area contributed by atoms with Gasteiger partial charge in [0.1, 0.15) is 0 Å². The Kier molecular flexibility index (Phi) is 5.29. The van der Waals surface area contributed by atoms with E-state index in [-0.39, 0.29) is 24.0 Å². The molecule has 1 aromatic carbocycles. The zero-order valence-electron chi connectivity index (χ0n) is 12.8. The van der Waals surface area contributed by atoms with Crippen LogP contribution in [0.2, 0.25) is 0 Å². The van der Waals surface area contributed by atoms with E-state index in [4.69, 9.17) is 0 Å². The molecule has 5 nitrogen and oxygen atoms in total. The molecule has 0 radical (unpaired) electrons. The lowest BCUT2D eigenvalue weighted by Gasteiger charge is -2.26. The SMILES string of the molecule is CN(CC(=O)NC1(C)CCS(=O)(=O)C1)Cc1ccccc1Br. The highest BCUT2D eigenvalue weighted by Crippen LogP contribution is 2.22. The number of hydrogen-bond donors (Lipinski definition) is 1. The van der Waals surface area contributed by atoms with Gasteiger partial charge in [-0.1, -0.05) is 34.1 Å². The van der Waals surface area contributed by atoms with Gasteiger partial charge in [0.25, 0.3) is 0 Å². The van der Waals surface area contributed by atoms with E-state index in [1.165, 1.54) is 0 Å². The Labute approximate surface area is 140 Å². The van der Waals surface area contributed by atoms with Crippen molar-refractivity contribution in [2.24, 2.45) is 0 Å². The zero-order chi connectivity index (χ0) is 16.4. The molecule has 0 aliphatic carbocycles. The Morgan fingerprint density at radius 3 is 2.68 bits per heavy atom. The number of nitrogens with one attached hydrogen (secondary N) is 1. The summed E-state index contributed by atoms with van der Waals surface area (Å²) in [5.41, 5.74) is 0.469. The number of benzene rings is 1. The second kappa shape index (κ2) is 6.68. The number of carbonyl (C=O) groups is 1. The summed E-state index contributed by atoms with van der Waals surface area (Å²) in [6.07, 6.45) is 0.481. The van der Waals surface area contributed by atoms with E-state index in [0.29, 0.717) is 13.0 Å². The topological polar surface area (TPSA) is 66.5 Å². The molecule has 0 saturated carbocycles. The second-order valence-corrected chi connectivity index (χ2v) is 9.25. The Hall–Kier alpha value is -0.920. The third kappa shape index (κ3) is 4.79. The first-order chi connectivity index (χ1) is 10.2.